The Morgan fingerprint density at radius 2 is 1.87 bits per heavy atom. The van der Waals surface area contributed by atoms with E-state index in [0.29, 0.717) is 0 Å². The van der Waals surface area contributed by atoms with E-state index >= 15 is 0 Å². The average molecular weight is 406 g/mol. The molecule has 0 spiro atoms. The van der Waals surface area contributed by atoms with E-state index < -0.39 is 0 Å². The van der Waals surface area contributed by atoms with Gasteiger partial charge in [0.05, 0.1) is 12.7 Å². The van der Waals surface area contributed by atoms with Gasteiger partial charge in [0, 0.05) is 48.8 Å². The molecule has 1 aliphatic rings. The molecule has 0 radical (unpaired) electrons. The highest BCUT2D eigenvalue weighted by Crippen LogP contribution is 2.29. The minimum Gasteiger partial charge on any atom is -0.497 e. The van der Waals surface area contributed by atoms with Gasteiger partial charge in [-0.05, 0) is 50.5 Å². The molecule has 1 amide bonds. The summed E-state index contributed by atoms with van der Waals surface area (Å²) in [7, 11) is 1.66. The third-order valence-electron chi connectivity index (χ3n) is 6.25. The highest BCUT2D eigenvalue weighted by Gasteiger charge is 2.25. The normalized spacial score (nSPS) is 15.4. The topological polar surface area (TPSA) is 46.5 Å². The quantitative estimate of drug-likeness (QED) is 0.662. The SMILES string of the molecule is CCn1c(C)c(C(=O)NC2CCN(Cc3ccccc3)CC2)c2cc(OC)ccc21. The molecule has 0 saturated carbocycles. The van der Waals surface area contributed by atoms with Crippen LogP contribution in [0.4, 0.5) is 0 Å². The maximum Gasteiger partial charge on any atom is 0.253 e. The van der Waals surface area contributed by atoms with Crippen LogP contribution in [0.3, 0.4) is 0 Å². The molecular formula is C25H31N3O2. The Hall–Kier alpha value is -2.79. The Kier molecular flexibility index (Phi) is 6.09. The number of rotatable bonds is 6. The second kappa shape index (κ2) is 8.92. The lowest BCUT2D eigenvalue weighted by Gasteiger charge is -2.32. The number of aryl methyl sites for hydroxylation is 1. The van der Waals surface area contributed by atoms with Crippen LogP contribution in [0.1, 0.15) is 41.4 Å². The van der Waals surface area contributed by atoms with Crippen molar-refractivity contribution in [2.45, 2.75) is 45.8 Å². The molecule has 0 bridgehead atoms. The van der Waals surface area contributed by atoms with Crippen molar-refractivity contribution >= 4 is 16.8 Å². The summed E-state index contributed by atoms with van der Waals surface area (Å²) in [6.45, 7) is 7.96. The molecule has 5 nitrogen and oxygen atoms in total. The van der Waals surface area contributed by atoms with Crippen molar-refractivity contribution in [1.82, 2.24) is 14.8 Å². The van der Waals surface area contributed by atoms with Crippen molar-refractivity contribution < 1.29 is 9.53 Å². The molecule has 1 aliphatic heterocycles. The Balaban J connectivity index is 1.46. The fraction of sp³-hybridized carbons (Fsp3) is 0.400. The van der Waals surface area contributed by atoms with Gasteiger partial charge in [0.15, 0.2) is 0 Å². The van der Waals surface area contributed by atoms with Crippen molar-refractivity contribution in [2.75, 3.05) is 20.2 Å². The molecule has 3 aromatic rings. The van der Waals surface area contributed by atoms with Gasteiger partial charge < -0.3 is 14.6 Å². The lowest BCUT2D eigenvalue weighted by Crippen LogP contribution is -2.44. The first-order valence-electron chi connectivity index (χ1n) is 10.8. The van der Waals surface area contributed by atoms with E-state index in [4.69, 9.17) is 4.74 Å². The van der Waals surface area contributed by atoms with Crippen molar-refractivity contribution in [1.29, 1.82) is 0 Å². The molecule has 1 aromatic heterocycles. The second-order valence-electron chi connectivity index (χ2n) is 8.10. The molecular weight excluding hydrogens is 374 g/mol. The molecule has 1 saturated heterocycles. The van der Waals surface area contributed by atoms with Gasteiger partial charge in [0.25, 0.3) is 5.91 Å². The first kappa shape index (κ1) is 20.5. The molecule has 30 heavy (non-hydrogen) atoms. The van der Waals surface area contributed by atoms with Gasteiger partial charge in [-0.25, -0.2) is 0 Å². The number of amides is 1. The van der Waals surface area contributed by atoms with Gasteiger partial charge in [-0.15, -0.1) is 0 Å². The first-order chi connectivity index (χ1) is 14.6. The van der Waals surface area contributed by atoms with Crippen LogP contribution in [-0.4, -0.2) is 41.6 Å². The maximum atomic E-state index is 13.3. The van der Waals surface area contributed by atoms with Crippen molar-refractivity contribution in [2.24, 2.45) is 0 Å². The number of hydrogen-bond donors (Lipinski definition) is 1. The monoisotopic (exact) mass is 405 g/mol. The van der Waals surface area contributed by atoms with Gasteiger partial charge in [-0.1, -0.05) is 30.3 Å². The van der Waals surface area contributed by atoms with E-state index in [1.807, 2.05) is 25.1 Å². The number of nitrogens with one attached hydrogen (secondary N) is 1. The highest BCUT2D eigenvalue weighted by atomic mass is 16.5. The summed E-state index contributed by atoms with van der Waals surface area (Å²) in [4.78, 5) is 15.7. The van der Waals surface area contributed by atoms with Gasteiger partial charge in [-0.3, -0.25) is 9.69 Å². The number of carbonyl (C=O) groups excluding carboxylic acids is 1. The van der Waals surface area contributed by atoms with E-state index in [0.717, 1.165) is 66.9 Å². The number of aromatic nitrogens is 1. The van der Waals surface area contributed by atoms with Crippen LogP contribution in [0.25, 0.3) is 10.9 Å². The van der Waals surface area contributed by atoms with Crippen LogP contribution in [0.5, 0.6) is 5.75 Å². The molecule has 2 heterocycles. The van der Waals surface area contributed by atoms with E-state index in [-0.39, 0.29) is 11.9 Å². The molecule has 0 unspecified atom stereocenters. The number of piperidine rings is 1. The summed E-state index contributed by atoms with van der Waals surface area (Å²) in [6, 6.07) is 16.8. The first-order valence-corrected chi connectivity index (χ1v) is 10.8. The zero-order valence-electron chi connectivity index (χ0n) is 18.1. The minimum absolute atomic E-state index is 0.0273. The molecule has 0 atom stereocenters. The molecule has 1 N–H and O–H groups in total. The number of nitrogens with zero attached hydrogens (tertiary/aromatic N) is 2. The van der Waals surface area contributed by atoms with Gasteiger partial charge in [-0.2, -0.15) is 0 Å². The molecule has 1 fully saturated rings. The van der Waals surface area contributed by atoms with E-state index in [1.165, 1.54) is 5.56 Å². The predicted octanol–water partition coefficient (Wildman–Crippen LogP) is 4.37. The lowest BCUT2D eigenvalue weighted by atomic mass is 10.0. The molecule has 0 aliphatic carbocycles. The Labute approximate surface area is 178 Å². The van der Waals surface area contributed by atoms with Crippen molar-refractivity contribution in [3.05, 3.63) is 65.4 Å². The third kappa shape index (κ3) is 4.08. The fourth-order valence-corrected chi connectivity index (χ4v) is 4.62. The van der Waals surface area contributed by atoms with E-state index in [2.05, 4.69) is 52.0 Å². The number of benzene rings is 2. The minimum atomic E-state index is 0.0273. The summed E-state index contributed by atoms with van der Waals surface area (Å²) in [5.74, 6) is 0.804. The fourth-order valence-electron chi connectivity index (χ4n) is 4.62. The van der Waals surface area contributed by atoms with Crippen molar-refractivity contribution in [3.8, 4) is 5.75 Å². The average Bonchev–Trinajstić information content (AvgIpc) is 3.06. The van der Waals surface area contributed by atoms with Crippen molar-refractivity contribution in [3.63, 3.8) is 0 Å². The number of fused-ring (bicyclic) bond motifs is 1. The Morgan fingerprint density at radius 1 is 1.13 bits per heavy atom. The summed E-state index contributed by atoms with van der Waals surface area (Å²) >= 11 is 0. The van der Waals surface area contributed by atoms with Gasteiger partial charge >= 0.3 is 0 Å². The second-order valence-corrected chi connectivity index (χ2v) is 8.10. The van der Waals surface area contributed by atoms with Crippen LogP contribution in [0.15, 0.2) is 48.5 Å². The highest BCUT2D eigenvalue weighted by molar-refractivity contribution is 6.08. The number of ether oxygens (including phenoxy) is 1. The maximum absolute atomic E-state index is 13.3. The number of methoxy groups -OCH3 is 1. The van der Waals surface area contributed by atoms with E-state index in [9.17, 15) is 4.79 Å². The summed E-state index contributed by atoms with van der Waals surface area (Å²) in [6.07, 6.45) is 1.96. The number of likely N-dealkylation sites (tertiary alicyclic amines) is 1. The standard InChI is InChI=1S/C25H31N3O2/c1-4-28-18(2)24(22-16-21(30-3)10-11-23(22)28)25(29)26-20-12-14-27(15-13-20)17-19-8-6-5-7-9-19/h5-11,16,20H,4,12-15,17H2,1-3H3,(H,26,29). The Morgan fingerprint density at radius 3 is 2.53 bits per heavy atom. The predicted molar refractivity (Wildman–Crippen MR) is 121 cm³/mol. The van der Waals surface area contributed by atoms with Gasteiger partial charge in [0.1, 0.15) is 5.75 Å². The largest absolute Gasteiger partial charge is 0.497 e. The van der Waals surface area contributed by atoms with Crippen LogP contribution in [0.2, 0.25) is 0 Å². The van der Waals surface area contributed by atoms with Crippen LogP contribution in [-0.2, 0) is 13.1 Å². The molecule has 158 valence electrons. The zero-order valence-corrected chi connectivity index (χ0v) is 18.1. The smallest absolute Gasteiger partial charge is 0.253 e. The third-order valence-corrected chi connectivity index (χ3v) is 6.25. The van der Waals surface area contributed by atoms with Crippen LogP contribution in [0, 0.1) is 6.92 Å². The zero-order chi connectivity index (χ0) is 21.1. The van der Waals surface area contributed by atoms with E-state index in [1.54, 1.807) is 7.11 Å². The molecule has 4 rings (SSSR count). The number of hydrogen-bond acceptors (Lipinski definition) is 3. The molecule has 5 heteroatoms. The Bertz CT molecular complexity index is 1020. The summed E-state index contributed by atoms with van der Waals surface area (Å²) in [5.41, 5.74) is 4.22. The molecule has 2 aromatic carbocycles. The van der Waals surface area contributed by atoms with Gasteiger partial charge in [0.2, 0.25) is 0 Å². The number of carbonyl (C=O) groups is 1. The van der Waals surface area contributed by atoms with Crippen LogP contribution >= 0.6 is 0 Å². The lowest BCUT2D eigenvalue weighted by molar-refractivity contribution is 0.0909. The summed E-state index contributed by atoms with van der Waals surface area (Å²) in [5, 5.41) is 4.27. The summed E-state index contributed by atoms with van der Waals surface area (Å²) < 4.78 is 7.60. The van der Waals surface area contributed by atoms with Crippen LogP contribution < -0.4 is 10.1 Å².